The number of fused-ring (bicyclic) bond motifs is 1. The molecule has 1 aromatic heterocycles. The Morgan fingerprint density at radius 1 is 1.00 bits per heavy atom. The van der Waals surface area contributed by atoms with E-state index in [2.05, 4.69) is 5.32 Å². The molecular weight excluding hydrogens is 414 g/mol. The average Bonchev–Trinajstić information content (AvgIpc) is 3.08. The maximum absolute atomic E-state index is 13.8. The van der Waals surface area contributed by atoms with Crippen molar-refractivity contribution < 1.29 is 23.0 Å². The first-order chi connectivity index (χ1) is 15.4. The van der Waals surface area contributed by atoms with E-state index in [0.717, 1.165) is 43.0 Å². The summed E-state index contributed by atoms with van der Waals surface area (Å²) in [6.07, 6.45) is 3.86. The number of carbonyl (C=O) groups is 1. The zero-order valence-corrected chi connectivity index (χ0v) is 18.4. The number of hydrogen-bond donors (Lipinski definition) is 1. The van der Waals surface area contributed by atoms with Gasteiger partial charge in [-0.1, -0.05) is 6.07 Å². The summed E-state index contributed by atoms with van der Waals surface area (Å²) < 4.78 is 39.8. The van der Waals surface area contributed by atoms with E-state index < -0.39 is 11.6 Å². The highest BCUT2D eigenvalue weighted by atomic mass is 19.2. The molecule has 1 amide bonds. The van der Waals surface area contributed by atoms with Gasteiger partial charge in [-0.2, -0.15) is 0 Å². The smallest absolute Gasteiger partial charge is 0.272 e. The van der Waals surface area contributed by atoms with Crippen LogP contribution >= 0.6 is 0 Å². The summed E-state index contributed by atoms with van der Waals surface area (Å²) >= 11 is 0. The number of benzene rings is 2. The van der Waals surface area contributed by atoms with Crippen LogP contribution in [0.5, 0.6) is 11.5 Å². The lowest BCUT2D eigenvalue weighted by atomic mass is 9.95. The Morgan fingerprint density at radius 3 is 2.47 bits per heavy atom. The van der Waals surface area contributed by atoms with Crippen LogP contribution in [0.1, 0.15) is 45.7 Å². The SMILES string of the molecule is COc1ccc(NC(=O)c2c(C)c3c(n2Cc2ccc(F)c(F)c2)CCCC3)cc1OC. The molecule has 0 fully saturated rings. The molecule has 0 unspecified atom stereocenters. The fourth-order valence-corrected chi connectivity index (χ4v) is 4.46. The number of halogens is 2. The van der Waals surface area contributed by atoms with Crippen molar-refractivity contribution in [2.45, 2.75) is 39.2 Å². The van der Waals surface area contributed by atoms with Gasteiger partial charge in [0, 0.05) is 24.0 Å². The van der Waals surface area contributed by atoms with Gasteiger partial charge in [-0.05, 0) is 73.6 Å². The van der Waals surface area contributed by atoms with Crippen LogP contribution in [0.4, 0.5) is 14.5 Å². The Hall–Kier alpha value is -3.35. The Morgan fingerprint density at radius 2 is 1.75 bits per heavy atom. The number of hydrogen-bond acceptors (Lipinski definition) is 3. The number of rotatable bonds is 6. The van der Waals surface area contributed by atoms with E-state index in [9.17, 15) is 13.6 Å². The van der Waals surface area contributed by atoms with E-state index >= 15 is 0 Å². The maximum Gasteiger partial charge on any atom is 0.272 e. The summed E-state index contributed by atoms with van der Waals surface area (Å²) in [6.45, 7) is 2.25. The second kappa shape index (κ2) is 9.02. The molecule has 3 aromatic rings. The van der Waals surface area contributed by atoms with Crippen LogP contribution in [0.2, 0.25) is 0 Å². The van der Waals surface area contributed by atoms with Crippen LogP contribution in [0, 0.1) is 18.6 Å². The van der Waals surface area contributed by atoms with E-state index in [0.29, 0.717) is 35.0 Å². The lowest BCUT2D eigenvalue weighted by Gasteiger charge is -2.17. The van der Waals surface area contributed by atoms with Gasteiger partial charge in [-0.15, -0.1) is 0 Å². The van der Waals surface area contributed by atoms with Gasteiger partial charge in [0.2, 0.25) is 0 Å². The van der Waals surface area contributed by atoms with E-state index in [1.54, 1.807) is 31.4 Å². The van der Waals surface area contributed by atoms with E-state index in [4.69, 9.17) is 9.47 Å². The Bertz CT molecular complexity index is 1170. The highest BCUT2D eigenvalue weighted by molar-refractivity contribution is 6.05. The van der Waals surface area contributed by atoms with Crippen molar-refractivity contribution in [3.05, 3.63) is 76.1 Å². The molecule has 168 valence electrons. The second-order valence-electron chi connectivity index (χ2n) is 7.96. The Labute approximate surface area is 186 Å². The molecule has 2 aromatic carbocycles. The predicted molar refractivity (Wildman–Crippen MR) is 119 cm³/mol. The van der Waals surface area contributed by atoms with Gasteiger partial charge in [-0.3, -0.25) is 4.79 Å². The number of methoxy groups -OCH3 is 2. The molecule has 7 heteroatoms. The monoisotopic (exact) mass is 440 g/mol. The highest BCUT2D eigenvalue weighted by Gasteiger charge is 2.26. The van der Waals surface area contributed by atoms with Crippen molar-refractivity contribution >= 4 is 11.6 Å². The van der Waals surface area contributed by atoms with E-state index in [-0.39, 0.29) is 5.91 Å². The van der Waals surface area contributed by atoms with Gasteiger partial charge in [0.05, 0.1) is 14.2 Å². The molecule has 0 saturated carbocycles. The topological polar surface area (TPSA) is 52.5 Å². The number of nitrogens with zero attached hydrogens (tertiary/aromatic N) is 1. The lowest BCUT2D eigenvalue weighted by Crippen LogP contribution is -2.20. The number of carbonyl (C=O) groups excluding carboxylic acids is 1. The van der Waals surface area contributed by atoms with Gasteiger partial charge in [0.25, 0.3) is 5.91 Å². The normalized spacial score (nSPS) is 12.9. The van der Waals surface area contributed by atoms with Crippen LogP contribution < -0.4 is 14.8 Å². The fourth-order valence-electron chi connectivity index (χ4n) is 4.46. The van der Waals surface area contributed by atoms with Crippen molar-refractivity contribution in [1.82, 2.24) is 4.57 Å². The zero-order valence-electron chi connectivity index (χ0n) is 18.4. The average molecular weight is 440 g/mol. The minimum atomic E-state index is -0.892. The number of nitrogens with one attached hydrogen (secondary N) is 1. The van der Waals surface area contributed by atoms with Crippen molar-refractivity contribution in [3.63, 3.8) is 0 Å². The van der Waals surface area contributed by atoms with Crippen LogP contribution in [-0.4, -0.2) is 24.7 Å². The molecule has 1 N–H and O–H groups in total. The summed E-state index contributed by atoms with van der Waals surface area (Å²) in [5.41, 5.74) is 4.92. The fraction of sp³-hybridized carbons (Fsp3) is 0.320. The second-order valence-corrected chi connectivity index (χ2v) is 7.96. The lowest BCUT2D eigenvalue weighted by molar-refractivity contribution is 0.101. The molecule has 0 radical (unpaired) electrons. The maximum atomic E-state index is 13.8. The summed E-state index contributed by atoms with van der Waals surface area (Å²) in [7, 11) is 3.09. The van der Waals surface area contributed by atoms with Gasteiger partial charge >= 0.3 is 0 Å². The quantitative estimate of drug-likeness (QED) is 0.568. The summed E-state index contributed by atoms with van der Waals surface area (Å²) in [5.74, 6) is -0.952. The molecule has 4 rings (SSSR count). The predicted octanol–water partition coefficient (Wildman–Crippen LogP) is 5.27. The van der Waals surface area contributed by atoms with Gasteiger partial charge in [-0.25, -0.2) is 8.78 Å². The van der Waals surface area contributed by atoms with Crippen molar-refractivity contribution in [2.24, 2.45) is 0 Å². The Balaban J connectivity index is 1.72. The molecule has 0 aliphatic heterocycles. The molecule has 0 atom stereocenters. The van der Waals surface area contributed by atoms with Gasteiger partial charge in [0.1, 0.15) is 5.69 Å². The highest BCUT2D eigenvalue weighted by Crippen LogP contribution is 2.33. The van der Waals surface area contributed by atoms with Crippen LogP contribution in [-0.2, 0) is 19.4 Å². The number of amides is 1. The molecule has 0 saturated heterocycles. The first-order valence-electron chi connectivity index (χ1n) is 10.6. The Kier molecular flexibility index (Phi) is 6.17. The summed E-state index contributed by atoms with van der Waals surface area (Å²) in [6, 6.07) is 9.05. The third kappa shape index (κ3) is 4.07. The molecule has 32 heavy (non-hydrogen) atoms. The molecule has 1 heterocycles. The van der Waals surface area contributed by atoms with E-state index in [1.807, 2.05) is 11.5 Å². The van der Waals surface area contributed by atoms with Crippen LogP contribution in [0.15, 0.2) is 36.4 Å². The largest absolute Gasteiger partial charge is 0.493 e. The van der Waals surface area contributed by atoms with E-state index in [1.165, 1.54) is 18.7 Å². The molecule has 1 aliphatic rings. The first-order valence-corrected chi connectivity index (χ1v) is 10.6. The van der Waals surface area contributed by atoms with Crippen molar-refractivity contribution in [3.8, 4) is 11.5 Å². The molecule has 5 nitrogen and oxygen atoms in total. The molecule has 0 spiro atoms. The van der Waals surface area contributed by atoms with Crippen molar-refractivity contribution in [1.29, 1.82) is 0 Å². The molecular formula is C25H26F2N2O3. The number of anilines is 1. The van der Waals surface area contributed by atoms with Crippen molar-refractivity contribution in [2.75, 3.05) is 19.5 Å². The number of ether oxygens (including phenoxy) is 2. The minimum absolute atomic E-state index is 0.258. The zero-order chi connectivity index (χ0) is 22.8. The third-order valence-corrected chi connectivity index (χ3v) is 6.02. The first kappa shape index (κ1) is 21.9. The molecule has 0 bridgehead atoms. The van der Waals surface area contributed by atoms with Crippen LogP contribution in [0.25, 0.3) is 0 Å². The third-order valence-electron chi connectivity index (χ3n) is 6.02. The summed E-state index contributed by atoms with van der Waals surface area (Å²) in [4.78, 5) is 13.4. The number of aromatic nitrogens is 1. The van der Waals surface area contributed by atoms with Crippen LogP contribution in [0.3, 0.4) is 0 Å². The molecule has 1 aliphatic carbocycles. The standard InChI is InChI=1S/C25H26F2N2O3/c1-15-18-6-4-5-7-21(18)29(14-16-8-10-19(26)20(27)12-16)24(15)25(30)28-17-9-11-22(31-2)23(13-17)32-3/h8-13H,4-7,14H2,1-3H3,(H,28,30). The van der Waals surface area contributed by atoms with Gasteiger partial charge in [0.15, 0.2) is 23.1 Å². The summed E-state index contributed by atoms with van der Waals surface area (Å²) in [5, 5.41) is 2.95. The minimum Gasteiger partial charge on any atom is -0.493 e. The van der Waals surface area contributed by atoms with Gasteiger partial charge < -0.3 is 19.4 Å².